The molecule has 0 amide bonds. The minimum Gasteiger partial charge on any atom is -0.369 e. The Labute approximate surface area is 75.6 Å². The van der Waals surface area contributed by atoms with Crippen LogP contribution in [0.5, 0.6) is 0 Å². The summed E-state index contributed by atoms with van der Waals surface area (Å²) in [5.74, 6) is 0.565. The number of aromatic amines is 1. The molecule has 3 aliphatic heterocycles. The molecule has 2 bridgehead atoms. The maximum Gasteiger partial charge on any atom is 0.345 e. The molecule has 0 radical (unpaired) electrons. The molecule has 0 saturated carbocycles. The van der Waals surface area contributed by atoms with Gasteiger partial charge in [-0.3, -0.25) is 0 Å². The Kier molecular flexibility index (Phi) is 1.28. The standard InChI is InChI=1S/C9H11N3O/c13-9-10-5-7-8(11-9)6-1-3-12(7)4-2-6/h5-6H,1-4H2,(H,10,11,13). The van der Waals surface area contributed by atoms with Gasteiger partial charge in [0, 0.05) is 24.7 Å². The van der Waals surface area contributed by atoms with Gasteiger partial charge in [-0.15, -0.1) is 0 Å². The topological polar surface area (TPSA) is 49.0 Å². The van der Waals surface area contributed by atoms with Crippen LogP contribution in [0.25, 0.3) is 0 Å². The molecule has 4 rings (SSSR count). The quantitative estimate of drug-likeness (QED) is 0.626. The van der Waals surface area contributed by atoms with Gasteiger partial charge >= 0.3 is 5.69 Å². The van der Waals surface area contributed by atoms with Crippen LogP contribution in [0.3, 0.4) is 0 Å². The highest BCUT2D eigenvalue weighted by atomic mass is 16.1. The third kappa shape index (κ3) is 0.913. The molecule has 1 N–H and O–H groups in total. The zero-order valence-electron chi connectivity index (χ0n) is 7.29. The van der Waals surface area contributed by atoms with Gasteiger partial charge in [0.15, 0.2) is 0 Å². The summed E-state index contributed by atoms with van der Waals surface area (Å²) in [6.07, 6.45) is 4.05. The van der Waals surface area contributed by atoms with Crippen molar-refractivity contribution in [2.45, 2.75) is 18.8 Å². The summed E-state index contributed by atoms with van der Waals surface area (Å²) in [5.41, 5.74) is 2.03. The zero-order chi connectivity index (χ0) is 8.84. The van der Waals surface area contributed by atoms with Crippen molar-refractivity contribution in [3.8, 4) is 0 Å². The van der Waals surface area contributed by atoms with Crippen molar-refractivity contribution in [1.29, 1.82) is 0 Å². The second-order valence-corrected chi connectivity index (χ2v) is 3.75. The Morgan fingerprint density at radius 3 is 3.00 bits per heavy atom. The zero-order valence-corrected chi connectivity index (χ0v) is 7.29. The number of aromatic nitrogens is 2. The van der Waals surface area contributed by atoms with Crippen molar-refractivity contribution in [1.82, 2.24) is 9.97 Å². The number of piperidine rings is 1. The highest BCUT2D eigenvalue weighted by Crippen LogP contribution is 2.39. The Hall–Kier alpha value is -1.32. The molecule has 1 saturated heterocycles. The third-order valence-electron chi connectivity index (χ3n) is 3.07. The number of rotatable bonds is 0. The van der Waals surface area contributed by atoms with E-state index in [0.29, 0.717) is 5.92 Å². The molecule has 4 heteroatoms. The first-order valence-electron chi connectivity index (χ1n) is 4.69. The Bertz CT molecular complexity index is 390. The van der Waals surface area contributed by atoms with Gasteiger partial charge in [0.1, 0.15) is 0 Å². The molecule has 0 spiro atoms. The lowest BCUT2D eigenvalue weighted by Crippen LogP contribution is -2.40. The van der Waals surface area contributed by atoms with Crippen LogP contribution in [0.1, 0.15) is 24.5 Å². The molecule has 1 aromatic heterocycles. The molecule has 4 nitrogen and oxygen atoms in total. The number of nitrogens with zero attached hydrogens (tertiary/aromatic N) is 2. The maximum atomic E-state index is 11.0. The normalized spacial score (nSPS) is 20.5. The highest BCUT2D eigenvalue weighted by molar-refractivity contribution is 5.54. The molecule has 4 heterocycles. The number of nitrogens with one attached hydrogen (secondary N) is 1. The molecule has 0 aromatic carbocycles. The van der Waals surface area contributed by atoms with Gasteiger partial charge in [0.2, 0.25) is 0 Å². The van der Waals surface area contributed by atoms with E-state index in [0.717, 1.165) is 24.5 Å². The molecule has 13 heavy (non-hydrogen) atoms. The van der Waals surface area contributed by atoms with Crippen LogP contribution in [0.4, 0.5) is 5.69 Å². The van der Waals surface area contributed by atoms with Crippen LogP contribution in [0.2, 0.25) is 0 Å². The number of fused-ring (bicyclic) bond motifs is 2. The fourth-order valence-electron chi connectivity index (χ4n) is 2.37. The van der Waals surface area contributed by atoms with Crippen LogP contribution < -0.4 is 10.6 Å². The van der Waals surface area contributed by atoms with Gasteiger partial charge in [0.05, 0.1) is 11.9 Å². The van der Waals surface area contributed by atoms with E-state index in [1.807, 2.05) is 0 Å². The summed E-state index contributed by atoms with van der Waals surface area (Å²) in [5, 5.41) is 0. The molecule has 0 aliphatic carbocycles. The molecular formula is C9H11N3O. The molecule has 3 aliphatic rings. The minimum absolute atomic E-state index is 0.215. The predicted molar refractivity (Wildman–Crippen MR) is 49.0 cm³/mol. The highest BCUT2D eigenvalue weighted by Gasteiger charge is 2.31. The molecular weight excluding hydrogens is 166 g/mol. The van der Waals surface area contributed by atoms with E-state index < -0.39 is 0 Å². The lowest BCUT2D eigenvalue weighted by Gasteiger charge is -2.41. The first kappa shape index (κ1) is 7.12. The van der Waals surface area contributed by atoms with E-state index >= 15 is 0 Å². The van der Waals surface area contributed by atoms with Crippen molar-refractivity contribution in [3.05, 3.63) is 22.4 Å². The SMILES string of the molecule is O=c1ncc2c([nH]1)C1CCN2CC1. The summed E-state index contributed by atoms with van der Waals surface area (Å²) < 4.78 is 0. The van der Waals surface area contributed by atoms with E-state index in [9.17, 15) is 4.79 Å². The second-order valence-electron chi connectivity index (χ2n) is 3.75. The van der Waals surface area contributed by atoms with Crippen molar-refractivity contribution < 1.29 is 0 Å². The fraction of sp³-hybridized carbons (Fsp3) is 0.556. The van der Waals surface area contributed by atoms with E-state index in [-0.39, 0.29) is 5.69 Å². The van der Waals surface area contributed by atoms with Crippen LogP contribution >= 0.6 is 0 Å². The number of anilines is 1. The van der Waals surface area contributed by atoms with Gasteiger partial charge in [-0.2, -0.15) is 4.98 Å². The first-order chi connectivity index (χ1) is 6.34. The maximum absolute atomic E-state index is 11.0. The van der Waals surface area contributed by atoms with E-state index in [2.05, 4.69) is 14.9 Å². The van der Waals surface area contributed by atoms with Crippen LogP contribution in [-0.2, 0) is 0 Å². The first-order valence-corrected chi connectivity index (χ1v) is 4.69. The monoisotopic (exact) mass is 177 g/mol. The summed E-state index contributed by atoms with van der Waals surface area (Å²) in [6.45, 7) is 2.23. The summed E-state index contributed by atoms with van der Waals surface area (Å²) in [7, 11) is 0. The summed E-state index contributed by atoms with van der Waals surface area (Å²) >= 11 is 0. The number of H-pyrrole nitrogens is 1. The fourth-order valence-corrected chi connectivity index (χ4v) is 2.37. The second kappa shape index (κ2) is 2.34. The predicted octanol–water partition coefficient (Wildman–Crippen LogP) is 0.467. The summed E-state index contributed by atoms with van der Waals surface area (Å²) in [6, 6.07) is 0. The smallest absolute Gasteiger partial charge is 0.345 e. The lowest BCUT2D eigenvalue weighted by molar-refractivity contribution is 0.460. The van der Waals surface area contributed by atoms with Crippen LogP contribution in [0, 0.1) is 0 Å². The van der Waals surface area contributed by atoms with Crippen LogP contribution in [-0.4, -0.2) is 23.1 Å². The van der Waals surface area contributed by atoms with Crippen molar-refractivity contribution in [2.75, 3.05) is 18.0 Å². The third-order valence-corrected chi connectivity index (χ3v) is 3.07. The Morgan fingerprint density at radius 2 is 2.23 bits per heavy atom. The van der Waals surface area contributed by atoms with Gasteiger partial charge in [0.25, 0.3) is 0 Å². The molecule has 0 atom stereocenters. The number of hydrogen-bond donors (Lipinski definition) is 1. The summed E-state index contributed by atoms with van der Waals surface area (Å²) in [4.78, 5) is 19.9. The van der Waals surface area contributed by atoms with Crippen LogP contribution in [0.15, 0.2) is 11.0 Å². The van der Waals surface area contributed by atoms with Crippen molar-refractivity contribution >= 4 is 5.69 Å². The minimum atomic E-state index is -0.215. The molecule has 68 valence electrons. The van der Waals surface area contributed by atoms with Gasteiger partial charge in [-0.25, -0.2) is 4.79 Å². The van der Waals surface area contributed by atoms with E-state index in [4.69, 9.17) is 0 Å². The average Bonchev–Trinajstić information content (AvgIpc) is 2.19. The molecule has 1 fully saturated rings. The number of hydrogen-bond acceptors (Lipinski definition) is 3. The van der Waals surface area contributed by atoms with Crippen molar-refractivity contribution in [2.24, 2.45) is 0 Å². The molecule has 0 unspecified atom stereocenters. The Morgan fingerprint density at radius 1 is 1.46 bits per heavy atom. The average molecular weight is 177 g/mol. The van der Waals surface area contributed by atoms with Gasteiger partial charge in [-0.05, 0) is 12.8 Å². The Balaban J connectivity index is 2.23. The van der Waals surface area contributed by atoms with Gasteiger partial charge < -0.3 is 9.88 Å². The lowest BCUT2D eigenvalue weighted by atomic mass is 9.87. The molecule has 1 aromatic rings. The van der Waals surface area contributed by atoms with E-state index in [1.54, 1.807) is 6.20 Å². The van der Waals surface area contributed by atoms with Crippen molar-refractivity contribution in [3.63, 3.8) is 0 Å². The van der Waals surface area contributed by atoms with Gasteiger partial charge in [-0.1, -0.05) is 0 Å². The largest absolute Gasteiger partial charge is 0.369 e. The van der Waals surface area contributed by atoms with E-state index in [1.165, 1.54) is 12.8 Å².